The first-order valence-corrected chi connectivity index (χ1v) is 4.85. The zero-order valence-corrected chi connectivity index (χ0v) is 8.67. The van der Waals surface area contributed by atoms with Crippen molar-refractivity contribution in [3.8, 4) is 0 Å². The zero-order valence-electron chi connectivity index (χ0n) is 7.92. The Balaban J connectivity index is 2.87. The minimum absolute atomic E-state index is 0.488. The first-order chi connectivity index (χ1) is 6.72. The highest BCUT2D eigenvalue weighted by Gasteiger charge is 2.04. The number of nitrogens with zero attached hydrogens (tertiary/aromatic N) is 1. The number of pyridine rings is 1. The quantitative estimate of drug-likeness (QED) is 0.729. The van der Waals surface area contributed by atoms with Gasteiger partial charge in [-0.25, -0.2) is 4.98 Å². The molecule has 0 aliphatic carbocycles. The Kier molecular flexibility index (Phi) is 2.40. The fraction of sp³-hybridized carbons (Fsp3) is 0.182. The second-order valence-corrected chi connectivity index (χ2v) is 3.67. The molecule has 2 N–H and O–H groups in total. The van der Waals surface area contributed by atoms with Gasteiger partial charge in [0.15, 0.2) is 0 Å². The third-order valence-corrected chi connectivity index (χ3v) is 2.51. The maximum absolute atomic E-state index is 5.91. The summed E-state index contributed by atoms with van der Waals surface area (Å²) in [4.78, 5) is 4.29. The molecule has 0 bridgehead atoms. The Hall–Kier alpha value is -1.12. The standard InChI is InChI=1S/C11H11ClN2/c1-7-3-2-4-9-8(6-13)5-10(12)14-11(7)9/h2-5H,6,13H2,1H3. The highest BCUT2D eigenvalue weighted by atomic mass is 35.5. The number of hydrogen-bond donors (Lipinski definition) is 1. The van der Waals surface area contributed by atoms with E-state index in [0.717, 1.165) is 22.0 Å². The van der Waals surface area contributed by atoms with Crippen LogP contribution in [0, 0.1) is 6.92 Å². The van der Waals surface area contributed by atoms with Gasteiger partial charge in [0.05, 0.1) is 5.52 Å². The maximum atomic E-state index is 5.91. The first kappa shape index (κ1) is 9.44. The number of aromatic nitrogens is 1. The zero-order chi connectivity index (χ0) is 10.1. The molecule has 14 heavy (non-hydrogen) atoms. The third-order valence-electron chi connectivity index (χ3n) is 2.32. The van der Waals surface area contributed by atoms with E-state index in [4.69, 9.17) is 17.3 Å². The van der Waals surface area contributed by atoms with Crippen molar-refractivity contribution in [2.75, 3.05) is 0 Å². The predicted octanol–water partition coefficient (Wildman–Crippen LogP) is 2.66. The van der Waals surface area contributed by atoms with E-state index in [1.807, 2.05) is 31.2 Å². The summed E-state index contributed by atoms with van der Waals surface area (Å²) < 4.78 is 0. The van der Waals surface area contributed by atoms with Crippen LogP contribution < -0.4 is 5.73 Å². The Morgan fingerprint density at radius 1 is 1.43 bits per heavy atom. The SMILES string of the molecule is Cc1cccc2c(CN)cc(Cl)nc12. The maximum Gasteiger partial charge on any atom is 0.130 e. The summed E-state index contributed by atoms with van der Waals surface area (Å²) in [6, 6.07) is 7.87. The van der Waals surface area contributed by atoms with Crippen LogP contribution in [0.15, 0.2) is 24.3 Å². The van der Waals surface area contributed by atoms with E-state index in [9.17, 15) is 0 Å². The molecule has 0 unspecified atom stereocenters. The number of aryl methyl sites for hydroxylation is 1. The molecule has 3 heteroatoms. The van der Waals surface area contributed by atoms with E-state index in [1.165, 1.54) is 0 Å². The van der Waals surface area contributed by atoms with Gasteiger partial charge in [-0.1, -0.05) is 29.8 Å². The molecule has 0 spiro atoms. The molecule has 0 saturated carbocycles. The highest BCUT2D eigenvalue weighted by Crippen LogP contribution is 2.22. The molecule has 2 nitrogen and oxygen atoms in total. The van der Waals surface area contributed by atoms with Crippen molar-refractivity contribution in [2.45, 2.75) is 13.5 Å². The molecule has 0 saturated heterocycles. The van der Waals surface area contributed by atoms with Crippen LogP contribution in [0.5, 0.6) is 0 Å². The molecule has 0 fully saturated rings. The van der Waals surface area contributed by atoms with Gasteiger partial charge in [-0.2, -0.15) is 0 Å². The lowest BCUT2D eigenvalue weighted by atomic mass is 10.1. The molecule has 0 atom stereocenters. The van der Waals surface area contributed by atoms with Gasteiger partial charge < -0.3 is 5.73 Å². The Bertz CT molecular complexity index is 480. The lowest BCUT2D eigenvalue weighted by molar-refractivity contribution is 1.08. The minimum atomic E-state index is 0.488. The molecule has 0 amide bonds. The molecule has 1 aromatic carbocycles. The molecule has 0 radical (unpaired) electrons. The van der Waals surface area contributed by atoms with Gasteiger partial charge in [0, 0.05) is 11.9 Å². The normalized spacial score (nSPS) is 10.8. The number of nitrogens with two attached hydrogens (primary N) is 1. The predicted molar refractivity (Wildman–Crippen MR) is 59.4 cm³/mol. The fourth-order valence-electron chi connectivity index (χ4n) is 1.60. The average molecular weight is 207 g/mol. The number of benzene rings is 1. The van der Waals surface area contributed by atoms with E-state index in [1.54, 1.807) is 0 Å². The van der Waals surface area contributed by atoms with Crippen LogP contribution in [-0.4, -0.2) is 4.98 Å². The van der Waals surface area contributed by atoms with Crippen molar-refractivity contribution in [1.82, 2.24) is 4.98 Å². The van der Waals surface area contributed by atoms with Crippen molar-refractivity contribution in [3.05, 3.63) is 40.5 Å². The molecule has 72 valence electrons. The molecule has 0 aliphatic rings. The summed E-state index contributed by atoms with van der Waals surface area (Å²) in [6.07, 6.45) is 0. The third kappa shape index (κ3) is 1.47. The Labute approximate surface area is 87.7 Å². The molecular formula is C11H11ClN2. The van der Waals surface area contributed by atoms with Gasteiger partial charge in [-0.3, -0.25) is 0 Å². The van der Waals surface area contributed by atoms with Crippen molar-refractivity contribution >= 4 is 22.5 Å². The van der Waals surface area contributed by atoms with Gasteiger partial charge in [0.25, 0.3) is 0 Å². The molecular weight excluding hydrogens is 196 g/mol. The monoisotopic (exact) mass is 206 g/mol. The second kappa shape index (κ2) is 3.56. The molecule has 2 aromatic rings. The van der Waals surface area contributed by atoms with Gasteiger partial charge in [0.1, 0.15) is 5.15 Å². The highest BCUT2D eigenvalue weighted by molar-refractivity contribution is 6.30. The average Bonchev–Trinajstić information content (AvgIpc) is 2.18. The lowest BCUT2D eigenvalue weighted by Gasteiger charge is -2.06. The van der Waals surface area contributed by atoms with E-state index >= 15 is 0 Å². The summed E-state index contributed by atoms with van der Waals surface area (Å²) in [6.45, 7) is 2.51. The lowest BCUT2D eigenvalue weighted by Crippen LogP contribution is -1.99. The van der Waals surface area contributed by atoms with E-state index in [2.05, 4.69) is 4.98 Å². The fourth-order valence-corrected chi connectivity index (χ4v) is 1.81. The van der Waals surface area contributed by atoms with Crippen LogP contribution >= 0.6 is 11.6 Å². The van der Waals surface area contributed by atoms with E-state index in [-0.39, 0.29) is 0 Å². The van der Waals surface area contributed by atoms with Crippen LogP contribution in [0.1, 0.15) is 11.1 Å². The van der Waals surface area contributed by atoms with Crippen LogP contribution in [0.2, 0.25) is 5.15 Å². The molecule has 1 aromatic heterocycles. The number of halogens is 1. The van der Waals surface area contributed by atoms with Gasteiger partial charge in [-0.05, 0) is 24.1 Å². The summed E-state index contributed by atoms with van der Waals surface area (Å²) in [5, 5.41) is 1.60. The largest absolute Gasteiger partial charge is 0.326 e. The minimum Gasteiger partial charge on any atom is -0.326 e. The van der Waals surface area contributed by atoms with Crippen LogP contribution in [0.4, 0.5) is 0 Å². The Morgan fingerprint density at radius 2 is 2.21 bits per heavy atom. The molecule has 0 aliphatic heterocycles. The van der Waals surface area contributed by atoms with Crippen LogP contribution in [0.3, 0.4) is 0 Å². The first-order valence-electron chi connectivity index (χ1n) is 4.47. The van der Waals surface area contributed by atoms with Crippen LogP contribution in [-0.2, 0) is 6.54 Å². The van der Waals surface area contributed by atoms with Gasteiger partial charge >= 0.3 is 0 Å². The summed E-state index contributed by atoms with van der Waals surface area (Å²) in [5.41, 5.74) is 8.76. The summed E-state index contributed by atoms with van der Waals surface area (Å²) in [5.74, 6) is 0. The second-order valence-electron chi connectivity index (χ2n) is 3.28. The number of hydrogen-bond acceptors (Lipinski definition) is 2. The van der Waals surface area contributed by atoms with E-state index in [0.29, 0.717) is 11.7 Å². The van der Waals surface area contributed by atoms with Crippen LogP contribution in [0.25, 0.3) is 10.9 Å². The topological polar surface area (TPSA) is 38.9 Å². The van der Waals surface area contributed by atoms with Gasteiger partial charge in [0.2, 0.25) is 0 Å². The van der Waals surface area contributed by atoms with E-state index < -0.39 is 0 Å². The number of para-hydroxylation sites is 1. The van der Waals surface area contributed by atoms with Crippen molar-refractivity contribution in [2.24, 2.45) is 5.73 Å². The van der Waals surface area contributed by atoms with Crippen molar-refractivity contribution < 1.29 is 0 Å². The number of fused-ring (bicyclic) bond motifs is 1. The molecule has 1 heterocycles. The Morgan fingerprint density at radius 3 is 2.93 bits per heavy atom. The number of rotatable bonds is 1. The smallest absolute Gasteiger partial charge is 0.130 e. The summed E-state index contributed by atoms with van der Waals surface area (Å²) >= 11 is 5.91. The summed E-state index contributed by atoms with van der Waals surface area (Å²) in [7, 11) is 0. The molecule has 2 rings (SSSR count). The van der Waals surface area contributed by atoms with Gasteiger partial charge in [-0.15, -0.1) is 0 Å². The van der Waals surface area contributed by atoms with Crippen molar-refractivity contribution in [3.63, 3.8) is 0 Å². The van der Waals surface area contributed by atoms with Crippen molar-refractivity contribution in [1.29, 1.82) is 0 Å².